The highest BCUT2D eigenvalue weighted by Crippen LogP contribution is 2.44. The number of hydrogen-bond donors (Lipinski definition) is 3. The first-order valence-corrected chi connectivity index (χ1v) is 6.43. The molecule has 0 atom stereocenters. The Morgan fingerprint density at radius 3 is 2.53 bits per heavy atom. The summed E-state index contributed by atoms with van der Waals surface area (Å²) < 4.78 is 5.49. The van der Waals surface area contributed by atoms with Gasteiger partial charge in [-0.15, -0.1) is 0 Å². The van der Waals surface area contributed by atoms with Gasteiger partial charge in [0, 0.05) is 25.1 Å². The Labute approximate surface area is 112 Å². The van der Waals surface area contributed by atoms with Gasteiger partial charge >= 0.3 is 5.97 Å². The number of aromatic carboxylic acids is 1. The Morgan fingerprint density at radius 1 is 1.32 bits per heavy atom. The Morgan fingerprint density at radius 2 is 2.00 bits per heavy atom. The van der Waals surface area contributed by atoms with E-state index in [0.717, 1.165) is 19.4 Å². The fourth-order valence-corrected chi connectivity index (χ4v) is 1.86. The van der Waals surface area contributed by atoms with Crippen molar-refractivity contribution in [2.75, 3.05) is 26.3 Å². The Balaban J connectivity index is 1.64. The van der Waals surface area contributed by atoms with Gasteiger partial charge in [0.1, 0.15) is 12.4 Å². The molecule has 0 unspecified atom stereocenters. The summed E-state index contributed by atoms with van der Waals surface area (Å²) in [5, 5.41) is 21.2. The van der Waals surface area contributed by atoms with Gasteiger partial charge in [0.2, 0.25) is 0 Å². The molecule has 1 aliphatic rings. The number of rotatable bonds is 8. The van der Waals surface area contributed by atoms with E-state index in [1.54, 1.807) is 12.1 Å². The molecule has 0 bridgehead atoms. The van der Waals surface area contributed by atoms with Crippen LogP contribution < -0.4 is 10.1 Å². The van der Waals surface area contributed by atoms with Crippen molar-refractivity contribution in [3.63, 3.8) is 0 Å². The lowest BCUT2D eigenvalue weighted by atomic mass is 10.1. The van der Waals surface area contributed by atoms with Crippen LogP contribution in [-0.4, -0.2) is 42.5 Å². The molecule has 1 aromatic rings. The summed E-state index contributed by atoms with van der Waals surface area (Å²) in [4.78, 5) is 10.7. The van der Waals surface area contributed by atoms with E-state index in [1.807, 2.05) is 0 Å². The molecule has 104 valence electrons. The van der Waals surface area contributed by atoms with Crippen molar-refractivity contribution in [1.29, 1.82) is 0 Å². The number of carboxylic acids is 1. The molecular weight excluding hydrogens is 246 g/mol. The molecule has 0 aromatic heterocycles. The number of hydrogen-bond acceptors (Lipinski definition) is 4. The summed E-state index contributed by atoms with van der Waals surface area (Å²) in [5.74, 6) is -0.276. The molecule has 19 heavy (non-hydrogen) atoms. The lowest BCUT2D eigenvalue weighted by Gasteiger charge is -2.13. The minimum Gasteiger partial charge on any atom is -0.492 e. The number of carboxylic acid groups (broad SMARTS) is 1. The molecule has 0 spiro atoms. The maximum atomic E-state index is 10.7. The molecule has 1 saturated carbocycles. The zero-order chi connectivity index (χ0) is 13.7. The topological polar surface area (TPSA) is 78.8 Å². The number of aliphatic hydroxyl groups is 1. The molecule has 2 rings (SSSR count). The van der Waals surface area contributed by atoms with E-state index in [0.29, 0.717) is 18.9 Å². The number of aliphatic hydroxyl groups excluding tert-OH is 1. The first-order valence-electron chi connectivity index (χ1n) is 6.43. The van der Waals surface area contributed by atoms with Crippen molar-refractivity contribution in [2.24, 2.45) is 5.41 Å². The van der Waals surface area contributed by atoms with Crippen LogP contribution in [0.15, 0.2) is 24.3 Å². The number of benzene rings is 1. The van der Waals surface area contributed by atoms with E-state index in [-0.39, 0.29) is 17.6 Å². The highest BCUT2D eigenvalue weighted by atomic mass is 16.5. The normalized spacial score (nSPS) is 16.1. The van der Waals surface area contributed by atoms with Crippen LogP contribution in [0.4, 0.5) is 0 Å². The fraction of sp³-hybridized carbons (Fsp3) is 0.500. The van der Waals surface area contributed by atoms with Crippen molar-refractivity contribution < 1.29 is 19.7 Å². The van der Waals surface area contributed by atoms with Crippen LogP contribution in [0, 0.1) is 5.41 Å². The van der Waals surface area contributed by atoms with Crippen LogP contribution >= 0.6 is 0 Å². The molecule has 0 amide bonds. The lowest BCUT2D eigenvalue weighted by Crippen LogP contribution is -2.29. The van der Waals surface area contributed by atoms with Gasteiger partial charge in [0.05, 0.1) is 5.56 Å². The second-order valence-corrected chi connectivity index (χ2v) is 5.01. The van der Waals surface area contributed by atoms with Gasteiger partial charge < -0.3 is 20.3 Å². The summed E-state index contributed by atoms with van der Waals surface area (Å²) in [6.45, 7) is 2.30. The Bertz CT molecular complexity index is 426. The van der Waals surface area contributed by atoms with E-state index in [9.17, 15) is 4.79 Å². The quantitative estimate of drug-likeness (QED) is 0.614. The SMILES string of the molecule is O=C(O)c1ccc(OCCNCC2(CO)CC2)cc1. The highest BCUT2D eigenvalue weighted by Gasteiger charge is 2.41. The van der Waals surface area contributed by atoms with Crippen LogP contribution in [0.3, 0.4) is 0 Å². The molecular formula is C14H19NO4. The van der Waals surface area contributed by atoms with Gasteiger partial charge in [-0.1, -0.05) is 0 Å². The van der Waals surface area contributed by atoms with Crippen LogP contribution in [0.1, 0.15) is 23.2 Å². The van der Waals surface area contributed by atoms with E-state index >= 15 is 0 Å². The van der Waals surface area contributed by atoms with Crippen molar-refractivity contribution in [3.05, 3.63) is 29.8 Å². The van der Waals surface area contributed by atoms with Gasteiger partial charge in [-0.2, -0.15) is 0 Å². The fourth-order valence-electron chi connectivity index (χ4n) is 1.86. The summed E-state index contributed by atoms with van der Waals surface area (Å²) in [6, 6.07) is 6.35. The molecule has 5 heteroatoms. The van der Waals surface area contributed by atoms with Crippen LogP contribution in [0.25, 0.3) is 0 Å². The third kappa shape index (κ3) is 3.94. The standard InChI is InChI=1S/C14H19NO4/c16-10-14(5-6-14)9-15-7-8-19-12-3-1-11(2-4-12)13(17)18/h1-4,15-16H,5-10H2,(H,17,18). The number of carbonyl (C=O) groups is 1. The second kappa shape index (κ2) is 6.04. The zero-order valence-corrected chi connectivity index (χ0v) is 10.8. The molecule has 3 N–H and O–H groups in total. The van der Waals surface area contributed by atoms with Gasteiger partial charge in [-0.3, -0.25) is 0 Å². The predicted molar refractivity (Wildman–Crippen MR) is 70.5 cm³/mol. The maximum absolute atomic E-state index is 10.7. The average Bonchev–Trinajstić information content (AvgIpc) is 3.19. The highest BCUT2D eigenvalue weighted by molar-refractivity contribution is 5.87. The summed E-state index contributed by atoms with van der Waals surface area (Å²) >= 11 is 0. The molecule has 0 radical (unpaired) electrons. The predicted octanol–water partition coefficient (Wildman–Crippen LogP) is 1.13. The van der Waals surface area contributed by atoms with Crippen LogP contribution in [-0.2, 0) is 0 Å². The summed E-state index contributed by atoms with van der Waals surface area (Å²) in [7, 11) is 0. The molecule has 0 heterocycles. The van der Waals surface area contributed by atoms with E-state index in [1.165, 1.54) is 12.1 Å². The third-order valence-corrected chi connectivity index (χ3v) is 3.44. The van der Waals surface area contributed by atoms with Crippen LogP contribution in [0.5, 0.6) is 5.75 Å². The number of nitrogens with one attached hydrogen (secondary N) is 1. The van der Waals surface area contributed by atoms with Crippen LogP contribution in [0.2, 0.25) is 0 Å². The minimum absolute atomic E-state index is 0.114. The average molecular weight is 265 g/mol. The molecule has 1 aliphatic carbocycles. The summed E-state index contributed by atoms with van der Waals surface area (Å²) in [5.41, 5.74) is 0.368. The van der Waals surface area contributed by atoms with Crippen molar-refractivity contribution in [3.8, 4) is 5.75 Å². The first kappa shape index (κ1) is 13.8. The first-order chi connectivity index (χ1) is 9.15. The monoisotopic (exact) mass is 265 g/mol. The van der Waals surface area contributed by atoms with Crippen molar-refractivity contribution in [1.82, 2.24) is 5.32 Å². The molecule has 0 aliphatic heterocycles. The lowest BCUT2D eigenvalue weighted by molar-refractivity contribution is 0.0697. The van der Waals surface area contributed by atoms with Gasteiger partial charge in [-0.05, 0) is 37.1 Å². The molecule has 1 aromatic carbocycles. The smallest absolute Gasteiger partial charge is 0.335 e. The van der Waals surface area contributed by atoms with Gasteiger partial charge in [-0.25, -0.2) is 4.79 Å². The number of ether oxygens (including phenoxy) is 1. The van der Waals surface area contributed by atoms with E-state index in [4.69, 9.17) is 14.9 Å². The second-order valence-electron chi connectivity index (χ2n) is 5.01. The van der Waals surface area contributed by atoms with Gasteiger partial charge in [0.25, 0.3) is 0 Å². The Kier molecular flexibility index (Phi) is 4.39. The van der Waals surface area contributed by atoms with Gasteiger partial charge in [0.15, 0.2) is 0 Å². The maximum Gasteiger partial charge on any atom is 0.335 e. The molecule has 0 saturated heterocycles. The van der Waals surface area contributed by atoms with Crippen molar-refractivity contribution in [2.45, 2.75) is 12.8 Å². The van der Waals surface area contributed by atoms with E-state index in [2.05, 4.69) is 5.32 Å². The van der Waals surface area contributed by atoms with E-state index < -0.39 is 5.97 Å². The zero-order valence-electron chi connectivity index (χ0n) is 10.8. The molecule has 5 nitrogen and oxygen atoms in total. The summed E-state index contributed by atoms with van der Waals surface area (Å²) in [6.07, 6.45) is 2.18. The third-order valence-electron chi connectivity index (χ3n) is 3.44. The largest absolute Gasteiger partial charge is 0.492 e. The molecule has 1 fully saturated rings. The van der Waals surface area contributed by atoms with Crippen molar-refractivity contribution >= 4 is 5.97 Å². The Hall–Kier alpha value is -1.59. The minimum atomic E-state index is -0.938.